The van der Waals surface area contributed by atoms with E-state index in [0.717, 1.165) is 37.1 Å². The summed E-state index contributed by atoms with van der Waals surface area (Å²) in [5, 5.41) is 0. The fraction of sp³-hybridized carbons (Fsp3) is 0.429. The lowest BCUT2D eigenvalue weighted by atomic mass is 10.00. The minimum Gasteiger partial charge on any atom is -0.497 e. The molecule has 0 spiro atoms. The van der Waals surface area contributed by atoms with Crippen molar-refractivity contribution < 1.29 is 21.9 Å². The lowest BCUT2D eigenvalue weighted by Crippen LogP contribution is -2.28. The fourth-order valence-electron chi connectivity index (χ4n) is 3.68. The van der Waals surface area contributed by atoms with E-state index < -0.39 is 15.6 Å². The lowest BCUT2D eigenvalue weighted by Gasteiger charge is -2.30. The highest BCUT2D eigenvalue weighted by Crippen LogP contribution is 2.32. The van der Waals surface area contributed by atoms with E-state index in [2.05, 4.69) is 17.0 Å². The Kier molecular flexibility index (Phi) is 6.67. The molecule has 1 aliphatic rings. The third kappa shape index (κ3) is 4.70. The van der Waals surface area contributed by atoms with Gasteiger partial charge in [-0.05, 0) is 54.8 Å². The van der Waals surface area contributed by atoms with Gasteiger partial charge in [-0.2, -0.15) is 8.78 Å². The van der Waals surface area contributed by atoms with Crippen molar-refractivity contribution in [3.63, 3.8) is 0 Å². The zero-order valence-corrected chi connectivity index (χ0v) is 16.7. The molecule has 7 heteroatoms. The Morgan fingerprint density at radius 1 is 1.04 bits per heavy atom. The van der Waals surface area contributed by atoms with Crippen molar-refractivity contribution in [2.45, 2.75) is 48.9 Å². The Balaban J connectivity index is 1.79. The monoisotopic (exact) mass is 409 g/mol. The third-order valence-electron chi connectivity index (χ3n) is 5.24. The van der Waals surface area contributed by atoms with Crippen LogP contribution in [0.5, 0.6) is 5.75 Å². The minimum absolute atomic E-state index is 0.262. The molecular formula is C21H25F2NO3S. The van der Waals surface area contributed by atoms with Crippen molar-refractivity contribution in [2.75, 3.05) is 13.7 Å². The topological polar surface area (TPSA) is 46.6 Å². The first-order chi connectivity index (χ1) is 13.4. The highest BCUT2D eigenvalue weighted by Gasteiger charge is 2.27. The summed E-state index contributed by atoms with van der Waals surface area (Å²) in [4.78, 5) is 2.04. The summed E-state index contributed by atoms with van der Waals surface area (Å²) in [6, 6.07) is 14.2. The molecule has 4 nitrogen and oxygen atoms in total. The fourth-order valence-corrected chi connectivity index (χ4v) is 4.40. The zero-order valence-electron chi connectivity index (χ0n) is 15.9. The first kappa shape index (κ1) is 20.7. The van der Waals surface area contributed by atoms with Crippen molar-refractivity contribution in [1.82, 2.24) is 4.90 Å². The van der Waals surface area contributed by atoms with Crippen LogP contribution in [-0.4, -0.2) is 32.7 Å². The van der Waals surface area contributed by atoms with Crippen molar-refractivity contribution >= 4 is 9.84 Å². The highest BCUT2D eigenvalue weighted by molar-refractivity contribution is 7.91. The second-order valence-corrected chi connectivity index (χ2v) is 8.98. The average molecular weight is 409 g/mol. The van der Waals surface area contributed by atoms with Crippen molar-refractivity contribution in [3.8, 4) is 5.75 Å². The van der Waals surface area contributed by atoms with Gasteiger partial charge in [0.05, 0.1) is 12.0 Å². The van der Waals surface area contributed by atoms with Crippen molar-refractivity contribution in [2.24, 2.45) is 0 Å². The van der Waals surface area contributed by atoms with Crippen LogP contribution in [0.15, 0.2) is 53.4 Å². The Morgan fingerprint density at radius 3 is 2.32 bits per heavy atom. The largest absolute Gasteiger partial charge is 0.497 e. The first-order valence-corrected chi connectivity index (χ1v) is 11.0. The SMILES string of the molecule is COc1ccc(C2CCCCCN2Cc2ccc(S(=O)(=O)C(F)F)cc2)cc1. The molecule has 152 valence electrons. The molecule has 0 N–H and O–H groups in total. The number of methoxy groups -OCH3 is 1. The van der Waals surface area contributed by atoms with E-state index in [4.69, 9.17) is 4.74 Å². The van der Waals surface area contributed by atoms with E-state index in [-0.39, 0.29) is 10.9 Å². The van der Waals surface area contributed by atoms with Crippen LogP contribution in [-0.2, 0) is 16.4 Å². The van der Waals surface area contributed by atoms with Crippen LogP contribution in [0, 0.1) is 0 Å². The van der Waals surface area contributed by atoms with Crippen LogP contribution in [0.2, 0.25) is 0 Å². The Hall–Kier alpha value is -1.99. The van der Waals surface area contributed by atoms with Gasteiger partial charge in [0.1, 0.15) is 5.75 Å². The van der Waals surface area contributed by atoms with Crippen LogP contribution in [0.3, 0.4) is 0 Å². The molecular weight excluding hydrogens is 384 g/mol. The van der Waals surface area contributed by atoms with Gasteiger partial charge in [-0.25, -0.2) is 8.42 Å². The molecule has 28 heavy (non-hydrogen) atoms. The molecule has 0 amide bonds. The number of hydrogen-bond donors (Lipinski definition) is 0. The van der Waals surface area contributed by atoms with E-state index >= 15 is 0 Å². The van der Waals surface area contributed by atoms with Crippen molar-refractivity contribution in [1.29, 1.82) is 0 Å². The number of alkyl halides is 2. The number of hydrogen-bond acceptors (Lipinski definition) is 4. The zero-order chi connectivity index (χ0) is 20.1. The van der Waals surface area contributed by atoms with Crippen LogP contribution in [0.1, 0.15) is 42.9 Å². The van der Waals surface area contributed by atoms with Gasteiger partial charge in [-0.15, -0.1) is 0 Å². The predicted octanol–water partition coefficient (Wildman–Crippen LogP) is 4.81. The van der Waals surface area contributed by atoms with Gasteiger partial charge in [-0.3, -0.25) is 4.90 Å². The molecule has 1 heterocycles. The number of halogens is 2. The van der Waals surface area contributed by atoms with Gasteiger partial charge in [0.15, 0.2) is 0 Å². The van der Waals surface area contributed by atoms with Gasteiger partial charge >= 0.3 is 5.76 Å². The number of sulfone groups is 1. The quantitative estimate of drug-likeness (QED) is 0.687. The van der Waals surface area contributed by atoms with E-state index in [1.165, 1.54) is 24.1 Å². The van der Waals surface area contributed by atoms with Crippen LogP contribution < -0.4 is 4.74 Å². The van der Waals surface area contributed by atoms with Crippen LogP contribution >= 0.6 is 0 Å². The lowest BCUT2D eigenvalue weighted by molar-refractivity contribution is 0.192. The molecule has 0 saturated carbocycles. The molecule has 2 aromatic rings. The third-order valence-corrected chi connectivity index (χ3v) is 6.63. The smallest absolute Gasteiger partial charge is 0.341 e. The minimum atomic E-state index is -4.55. The molecule has 1 atom stereocenters. The summed E-state index contributed by atoms with van der Waals surface area (Å²) in [6.45, 7) is 1.58. The molecule has 0 bridgehead atoms. The second kappa shape index (κ2) is 9.01. The van der Waals surface area contributed by atoms with E-state index in [9.17, 15) is 17.2 Å². The predicted molar refractivity (Wildman–Crippen MR) is 104 cm³/mol. The summed E-state index contributed by atoms with van der Waals surface area (Å²) in [6.07, 6.45) is 4.47. The number of ether oxygens (including phenoxy) is 1. The maximum absolute atomic E-state index is 12.7. The Morgan fingerprint density at radius 2 is 1.71 bits per heavy atom. The van der Waals surface area contributed by atoms with Gasteiger partial charge < -0.3 is 4.74 Å². The number of rotatable bonds is 6. The van der Waals surface area contributed by atoms with E-state index in [1.54, 1.807) is 19.2 Å². The number of nitrogens with zero attached hydrogens (tertiary/aromatic N) is 1. The average Bonchev–Trinajstić information content (AvgIpc) is 2.94. The molecule has 0 radical (unpaired) electrons. The van der Waals surface area contributed by atoms with Gasteiger partial charge in [0.2, 0.25) is 9.84 Å². The molecule has 0 aromatic heterocycles. The normalized spacial score (nSPS) is 18.8. The Bertz CT molecular complexity index is 868. The molecule has 2 aromatic carbocycles. The Labute approximate surface area is 165 Å². The summed E-state index contributed by atoms with van der Waals surface area (Å²) in [5.74, 6) is -2.58. The van der Waals surface area contributed by atoms with Gasteiger partial charge in [-0.1, -0.05) is 37.1 Å². The molecule has 0 aliphatic carbocycles. The van der Waals surface area contributed by atoms with E-state index in [1.807, 2.05) is 12.1 Å². The standard InChI is InChI=1S/C21H25F2NO3S/c1-27-18-10-8-17(9-11-18)20-5-3-2-4-14-24(20)15-16-6-12-19(13-7-16)28(25,26)21(22)23/h6-13,20-21H,2-5,14-15H2,1H3. The van der Waals surface area contributed by atoms with Gasteiger partial charge in [0.25, 0.3) is 0 Å². The molecule has 3 rings (SSSR count). The maximum Gasteiger partial charge on any atom is 0.341 e. The van der Waals surface area contributed by atoms with Gasteiger partial charge in [0, 0.05) is 12.6 Å². The number of likely N-dealkylation sites (tertiary alicyclic amines) is 1. The number of benzene rings is 2. The maximum atomic E-state index is 12.7. The summed E-state index contributed by atoms with van der Waals surface area (Å²) < 4.78 is 53.8. The summed E-state index contributed by atoms with van der Waals surface area (Å²) >= 11 is 0. The van der Waals surface area contributed by atoms with E-state index in [0.29, 0.717) is 6.54 Å². The van der Waals surface area contributed by atoms with Crippen LogP contribution in [0.4, 0.5) is 8.78 Å². The first-order valence-electron chi connectivity index (χ1n) is 9.41. The summed E-state index contributed by atoms with van der Waals surface area (Å²) in [5.41, 5.74) is 2.13. The highest BCUT2D eigenvalue weighted by atomic mass is 32.2. The molecule has 1 unspecified atom stereocenters. The molecule has 1 fully saturated rings. The second-order valence-electron chi connectivity index (χ2n) is 7.06. The van der Waals surface area contributed by atoms with Crippen molar-refractivity contribution in [3.05, 3.63) is 59.7 Å². The molecule has 1 aliphatic heterocycles. The summed E-state index contributed by atoms with van der Waals surface area (Å²) in [7, 11) is -2.91. The van der Waals surface area contributed by atoms with Crippen LogP contribution in [0.25, 0.3) is 0 Å². The molecule has 1 saturated heterocycles.